The molecule has 0 aromatic carbocycles. The highest BCUT2D eigenvalue weighted by Gasteiger charge is 2.25. The third kappa shape index (κ3) is 4.48. The second kappa shape index (κ2) is 7.45. The average Bonchev–Trinajstić information content (AvgIpc) is 2.80. The molecule has 0 amide bonds. The van der Waals surface area contributed by atoms with Gasteiger partial charge in [0.05, 0.1) is 13.2 Å². The molecule has 17 heavy (non-hydrogen) atoms. The molecular formula is C13H23NO3. The van der Waals surface area contributed by atoms with Crippen molar-refractivity contribution in [3.05, 3.63) is 11.6 Å². The van der Waals surface area contributed by atoms with Crippen LogP contribution in [0, 0.1) is 5.92 Å². The van der Waals surface area contributed by atoms with E-state index >= 15 is 0 Å². The van der Waals surface area contributed by atoms with Crippen LogP contribution in [0.25, 0.3) is 0 Å². The molecule has 1 aliphatic rings. The van der Waals surface area contributed by atoms with E-state index in [1.165, 1.54) is 7.11 Å². The van der Waals surface area contributed by atoms with Gasteiger partial charge in [-0.3, -0.25) is 0 Å². The van der Waals surface area contributed by atoms with E-state index in [2.05, 4.69) is 17.0 Å². The number of hydrogen-bond acceptors (Lipinski definition) is 4. The lowest BCUT2D eigenvalue weighted by Gasteiger charge is -2.16. The Bertz CT molecular complexity index is 276. The van der Waals surface area contributed by atoms with Gasteiger partial charge in [0.1, 0.15) is 0 Å². The lowest BCUT2D eigenvalue weighted by atomic mass is 10.00. The third-order valence-electron chi connectivity index (χ3n) is 3.22. The Labute approximate surface area is 103 Å². The molecule has 1 heterocycles. The van der Waals surface area contributed by atoms with Gasteiger partial charge in [0.2, 0.25) is 0 Å². The molecule has 1 saturated heterocycles. The Hall–Kier alpha value is -0.870. The van der Waals surface area contributed by atoms with Gasteiger partial charge in [0.25, 0.3) is 0 Å². The molecule has 4 heteroatoms. The first-order valence-corrected chi connectivity index (χ1v) is 6.26. The summed E-state index contributed by atoms with van der Waals surface area (Å²) in [6, 6.07) is 0. The van der Waals surface area contributed by atoms with Gasteiger partial charge in [0.15, 0.2) is 0 Å². The normalized spacial score (nSPS) is 25.0. The van der Waals surface area contributed by atoms with Crippen LogP contribution in [0.1, 0.15) is 26.7 Å². The molecule has 0 aromatic heterocycles. The molecule has 0 spiro atoms. The lowest BCUT2D eigenvalue weighted by Crippen LogP contribution is -2.28. The zero-order valence-electron chi connectivity index (χ0n) is 11.0. The van der Waals surface area contributed by atoms with Crippen molar-refractivity contribution in [1.82, 2.24) is 5.32 Å². The van der Waals surface area contributed by atoms with Crippen LogP contribution in [0.3, 0.4) is 0 Å². The maximum absolute atomic E-state index is 11.1. The topological polar surface area (TPSA) is 47.6 Å². The van der Waals surface area contributed by atoms with Crippen LogP contribution < -0.4 is 5.32 Å². The molecule has 0 bridgehead atoms. The molecule has 1 rings (SSSR count). The average molecular weight is 241 g/mol. The van der Waals surface area contributed by atoms with E-state index in [0.717, 1.165) is 26.0 Å². The van der Waals surface area contributed by atoms with Crippen LogP contribution in [0.5, 0.6) is 0 Å². The summed E-state index contributed by atoms with van der Waals surface area (Å²) in [5.74, 6) is 0.342. The van der Waals surface area contributed by atoms with Gasteiger partial charge in [-0.2, -0.15) is 0 Å². The van der Waals surface area contributed by atoms with Crippen molar-refractivity contribution >= 4 is 5.97 Å². The van der Waals surface area contributed by atoms with Gasteiger partial charge in [-0.1, -0.05) is 13.0 Å². The number of carbonyl (C=O) groups excluding carboxylic acids is 1. The maximum atomic E-state index is 11.1. The smallest absolute Gasteiger partial charge is 0.333 e. The Kier molecular flexibility index (Phi) is 6.22. The Balaban J connectivity index is 2.21. The first-order valence-electron chi connectivity index (χ1n) is 6.26. The van der Waals surface area contributed by atoms with E-state index in [9.17, 15) is 4.79 Å². The second-order valence-electron chi connectivity index (χ2n) is 4.40. The predicted molar refractivity (Wildman–Crippen MR) is 66.8 cm³/mol. The van der Waals surface area contributed by atoms with Gasteiger partial charge >= 0.3 is 5.97 Å². The molecule has 1 aliphatic heterocycles. The predicted octanol–water partition coefficient (Wildman–Crippen LogP) is 1.51. The molecule has 0 saturated carbocycles. The summed E-state index contributed by atoms with van der Waals surface area (Å²) < 4.78 is 10.2. The summed E-state index contributed by atoms with van der Waals surface area (Å²) in [7, 11) is 1.40. The van der Waals surface area contributed by atoms with Crippen molar-refractivity contribution in [1.29, 1.82) is 0 Å². The minimum absolute atomic E-state index is 0.262. The monoisotopic (exact) mass is 241 g/mol. The summed E-state index contributed by atoms with van der Waals surface area (Å²) in [6.45, 7) is 6.45. The summed E-state index contributed by atoms with van der Waals surface area (Å²) in [5, 5.41) is 3.34. The Morgan fingerprint density at radius 3 is 3.00 bits per heavy atom. The quantitative estimate of drug-likeness (QED) is 0.435. The number of nitrogens with one attached hydrogen (secondary N) is 1. The first-order chi connectivity index (χ1) is 8.19. The minimum atomic E-state index is -0.262. The highest BCUT2D eigenvalue weighted by Crippen LogP contribution is 2.22. The molecule has 2 atom stereocenters. The van der Waals surface area contributed by atoms with E-state index in [1.807, 2.05) is 6.08 Å². The number of rotatable bonds is 6. The molecule has 1 fully saturated rings. The number of methoxy groups -OCH3 is 1. The standard InChI is InChI=1S/C13H23NO3/c1-4-12-11(6-8-17-12)9-14-7-5-10(2)13(15)16-3/h5,11-12,14H,4,6-9H2,1-3H3/b10-5-. The van der Waals surface area contributed by atoms with E-state index < -0.39 is 0 Å². The van der Waals surface area contributed by atoms with Crippen LogP contribution in [0.15, 0.2) is 11.6 Å². The fourth-order valence-electron chi connectivity index (χ4n) is 2.12. The Morgan fingerprint density at radius 1 is 1.59 bits per heavy atom. The highest BCUT2D eigenvalue weighted by atomic mass is 16.5. The van der Waals surface area contributed by atoms with Gasteiger partial charge < -0.3 is 14.8 Å². The van der Waals surface area contributed by atoms with Gasteiger partial charge in [-0.15, -0.1) is 0 Å². The number of carbonyl (C=O) groups is 1. The summed E-state index contributed by atoms with van der Waals surface area (Å²) in [6.07, 6.45) is 4.46. The van der Waals surface area contributed by atoms with Gasteiger partial charge in [-0.05, 0) is 25.7 Å². The largest absolute Gasteiger partial charge is 0.466 e. The summed E-state index contributed by atoms with van der Waals surface area (Å²) in [5.41, 5.74) is 0.648. The number of hydrogen-bond donors (Lipinski definition) is 1. The zero-order valence-corrected chi connectivity index (χ0v) is 11.0. The zero-order chi connectivity index (χ0) is 12.7. The molecule has 0 aromatic rings. The molecule has 1 N–H and O–H groups in total. The second-order valence-corrected chi connectivity index (χ2v) is 4.40. The first kappa shape index (κ1) is 14.2. The molecule has 4 nitrogen and oxygen atoms in total. The van der Waals surface area contributed by atoms with Crippen LogP contribution in [0.2, 0.25) is 0 Å². The van der Waals surface area contributed by atoms with Gasteiger partial charge in [-0.25, -0.2) is 4.79 Å². The number of ether oxygens (including phenoxy) is 2. The van der Waals surface area contributed by atoms with Crippen molar-refractivity contribution in [3.8, 4) is 0 Å². The SMILES string of the molecule is CCC1OCCC1CNC/C=C(/C)C(=O)OC. The third-order valence-corrected chi connectivity index (χ3v) is 3.22. The summed E-state index contributed by atoms with van der Waals surface area (Å²) >= 11 is 0. The minimum Gasteiger partial charge on any atom is -0.466 e. The van der Waals surface area contributed by atoms with E-state index in [1.54, 1.807) is 6.92 Å². The van der Waals surface area contributed by atoms with E-state index in [-0.39, 0.29) is 5.97 Å². The maximum Gasteiger partial charge on any atom is 0.333 e. The molecule has 0 radical (unpaired) electrons. The van der Waals surface area contributed by atoms with Crippen LogP contribution in [-0.4, -0.2) is 38.9 Å². The van der Waals surface area contributed by atoms with E-state index in [4.69, 9.17) is 4.74 Å². The van der Waals surface area contributed by atoms with E-state index in [0.29, 0.717) is 24.1 Å². The number of esters is 1. The van der Waals surface area contributed by atoms with Gasteiger partial charge in [0, 0.05) is 25.3 Å². The van der Waals surface area contributed by atoms with Crippen molar-refractivity contribution in [2.45, 2.75) is 32.8 Å². The van der Waals surface area contributed by atoms with Crippen molar-refractivity contribution in [2.75, 3.05) is 26.8 Å². The molecule has 98 valence electrons. The molecule has 2 unspecified atom stereocenters. The fourth-order valence-corrected chi connectivity index (χ4v) is 2.12. The van der Waals surface area contributed by atoms with Crippen molar-refractivity contribution in [2.24, 2.45) is 5.92 Å². The van der Waals surface area contributed by atoms with Crippen LogP contribution >= 0.6 is 0 Å². The van der Waals surface area contributed by atoms with Crippen molar-refractivity contribution < 1.29 is 14.3 Å². The highest BCUT2D eigenvalue weighted by molar-refractivity contribution is 5.87. The lowest BCUT2D eigenvalue weighted by molar-refractivity contribution is -0.136. The fraction of sp³-hybridized carbons (Fsp3) is 0.769. The van der Waals surface area contributed by atoms with Crippen LogP contribution in [-0.2, 0) is 14.3 Å². The van der Waals surface area contributed by atoms with Crippen molar-refractivity contribution in [3.63, 3.8) is 0 Å². The summed E-state index contributed by atoms with van der Waals surface area (Å²) in [4.78, 5) is 11.1. The molecular weight excluding hydrogens is 218 g/mol. The Morgan fingerprint density at radius 2 is 2.35 bits per heavy atom. The molecule has 0 aliphatic carbocycles. The van der Waals surface area contributed by atoms with Crippen LogP contribution in [0.4, 0.5) is 0 Å².